The van der Waals surface area contributed by atoms with Crippen molar-refractivity contribution in [2.45, 2.75) is 0 Å². The van der Waals surface area contributed by atoms with E-state index >= 15 is 0 Å². The lowest BCUT2D eigenvalue weighted by atomic mass is 10.2. The van der Waals surface area contributed by atoms with Crippen molar-refractivity contribution in [3.8, 4) is 11.5 Å². The zero-order valence-corrected chi connectivity index (χ0v) is 11.2. The van der Waals surface area contributed by atoms with Crippen LogP contribution in [0.25, 0.3) is 0 Å². The minimum absolute atomic E-state index is 0.118. The Balaban J connectivity index is 1.84. The van der Waals surface area contributed by atoms with Crippen molar-refractivity contribution < 1.29 is 24.2 Å². The second-order valence-electron chi connectivity index (χ2n) is 4.19. The lowest BCUT2D eigenvalue weighted by Crippen LogP contribution is -2.11. The molecule has 21 heavy (non-hydrogen) atoms. The number of carboxylic acid groups (broad SMARTS) is 1. The van der Waals surface area contributed by atoms with Crippen molar-refractivity contribution in [1.29, 1.82) is 0 Å². The van der Waals surface area contributed by atoms with Crippen LogP contribution < -0.4 is 9.47 Å². The first-order chi connectivity index (χ1) is 10.2. The molecule has 0 saturated carbocycles. The number of carboxylic acids is 1. The van der Waals surface area contributed by atoms with Gasteiger partial charge in [0.25, 0.3) is 0 Å². The van der Waals surface area contributed by atoms with E-state index in [0.717, 1.165) is 6.29 Å². The Labute approximate surface area is 121 Å². The molecule has 0 bridgehead atoms. The van der Waals surface area contributed by atoms with Crippen molar-refractivity contribution >= 4 is 12.3 Å². The van der Waals surface area contributed by atoms with Crippen molar-refractivity contribution in [3.63, 3.8) is 0 Å². The highest BCUT2D eigenvalue weighted by Gasteiger charge is 2.09. The minimum Gasteiger partial charge on any atom is -0.490 e. The van der Waals surface area contributed by atoms with Crippen LogP contribution in [0.2, 0.25) is 0 Å². The molecule has 0 aliphatic rings. The molecule has 108 valence electrons. The number of carbonyl (C=O) groups is 2. The van der Waals surface area contributed by atoms with Gasteiger partial charge < -0.3 is 14.6 Å². The molecule has 0 atom stereocenters. The predicted molar refractivity (Wildman–Crippen MR) is 76.2 cm³/mol. The van der Waals surface area contributed by atoms with Crippen LogP contribution in [0.3, 0.4) is 0 Å². The zero-order valence-electron chi connectivity index (χ0n) is 11.2. The van der Waals surface area contributed by atoms with Gasteiger partial charge in [-0.3, -0.25) is 4.79 Å². The minimum atomic E-state index is -1.03. The Morgan fingerprint density at radius 2 is 1.67 bits per heavy atom. The summed E-state index contributed by atoms with van der Waals surface area (Å²) in [6, 6.07) is 13.1. The van der Waals surface area contributed by atoms with E-state index in [1.54, 1.807) is 42.5 Å². The third kappa shape index (κ3) is 4.07. The number of aromatic carboxylic acids is 1. The standard InChI is InChI=1S/C16H14O5/c17-11-12-5-7-13(8-6-12)20-9-10-21-15-4-2-1-3-14(15)16(18)19/h1-8,11H,9-10H2,(H,18,19). The second kappa shape index (κ2) is 7.09. The van der Waals surface area contributed by atoms with Crippen molar-refractivity contribution in [1.82, 2.24) is 0 Å². The maximum atomic E-state index is 11.0. The van der Waals surface area contributed by atoms with Gasteiger partial charge in [-0.15, -0.1) is 0 Å². The van der Waals surface area contributed by atoms with Gasteiger partial charge in [0, 0.05) is 5.56 Å². The van der Waals surface area contributed by atoms with E-state index in [0.29, 0.717) is 17.1 Å². The van der Waals surface area contributed by atoms with E-state index in [1.165, 1.54) is 6.07 Å². The topological polar surface area (TPSA) is 72.8 Å². The molecule has 0 aromatic heterocycles. The van der Waals surface area contributed by atoms with Gasteiger partial charge in [-0.1, -0.05) is 12.1 Å². The Morgan fingerprint density at radius 3 is 2.33 bits per heavy atom. The molecule has 5 nitrogen and oxygen atoms in total. The van der Waals surface area contributed by atoms with Crippen LogP contribution in [-0.2, 0) is 0 Å². The summed E-state index contributed by atoms with van der Waals surface area (Å²) in [6.45, 7) is 0.494. The summed E-state index contributed by atoms with van der Waals surface area (Å²) in [7, 11) is 0. The van der Waals surface area contributed by atoms with Gasteiger partial charge in [-0.25, -0.2) is 4.79 Å². The zero-order chi connectivity index (χ0) is 15.1. The predicted octanol–water partition coefficient (Wildman–Crippen LogP) is 2.66. The SMILES string of the molecule is O=Cc1ccc(OCCOc2ccccc2C(=O)O)cc1. The molecule has 1 N–H and O–H groups in total. The number of carbonyl (C=O) groups excluding carboxylic acids is 1. The quantitative estimate of drug-likeness (QED) is 0.625. The van der Waals surface area contributed by atoms with Gasteiger partial charge in [0.2, 0.25) is 0 Å². The fraction of sp³-hybridized carbons (Fsp3) is 0.125. The Kier molecular flexibility index (Phi) is 4.93. The molecule has 0 unspecified atom stereocenters. The van der Waals surface area contributed by atoms with E-state index < -0.39 is 5.97 Å². The van der Waals surface area contributed by atoms with Crippen LogP contribution in [0.5, 0.6) is 11.5 Å². The van der Waals surface area contributed by atoms with Crippen LogP contribution >= 0.6 is 0 Å². The van der Waals surface area contributed by atoms with Gasteiger partial charge >= 0.3 is 5.97 Å². The van der Waals surface area contributed by atoms with Crippen LogP contribution in [0.1, 0.15) is 20.7 Å². The molecule has 5 heteroatoms. The maximum Gasteiger partial charge on any atom is 0.339 e. The summed E-state index contributed by atoms with van der Waals surface area (Å²) in [5.74, 6) is -0.100. The summed E-state index contributed by atoms with van der Waals surface area (Å²) >= 11 is 0. The van der Waals surface area contributed by atoms with Crippen molar-refractivity contribution in [2.24, 2.45) is 0 Å². The number of aldehydes is 1. The average Bonchev–Trinajstić information content (AvgIpc) is 2.52. The summed E-state index contributed by atoms with van der Waals surface area (Å²) in [5, 5.41) is 9.01. The Morgan fingerprint density at radius 1 is 1.00 bits per heavy atom. The summed E-state index contributed by atoms with van der Waals surface area (Å²) < 4.78 is 10.8. The monoisotopic (exact) mass is 286 g/mol. The normalized spacial score (nSPS) is 9.90. The molecule has 0 aliphatic heterocycles. The fourth-order valence-electron chi connectivity index (χ4n) is 1.72. The number of hydrogen-bond acceptors (Lipinski definition) is 4. The molecule has 0 amide bonds. The van der Waals surface area contributed by atoms with E-state index in [1.807, 2.05) is 0 Å². The van der Waals surface area contributed by atoms with E-state index in [9.17, 15) is 9.59 Å². The number of benzene rings is 2. The summed E-state index contributed by atoms with van der Waals surface area (Å²) in [5.41, 5.74) is 0.696. The third-order valence-corrected chi connectivity index (χ3v) is 2.74. The van der Waals surface area contributed by atoms with Gasteiger partial charge in [-0.2, -0.15) is 0 Å². The first kappa shape index (κ1) is 14.6. The lowest BCUT2D eigenvalue weighted by Gasteiger charge is -2.10. The largest absolute Gasteiger partial charge is 0.490 e. The second-order valence-corrected chi connectivity index (χ2v) is 4.19. The highest BCUT2D eigenvalue weighted by atomic mass is 16.5. The molecular weight excluding hydrogens is 272 g/mol. The molecular formula is C16H14O5. The van der Waals surface area contributed by atoms with Crippen molar-refractivity contribution in [2.75, 3.05) is 13.2 Å². The molecule has 0 saturated heterocycles. The fourth-order valence-corrected chi connectivity index (χ4v) is 1.72. The molecule has 0 radical (unpaired) electrons. The Bertz CT molecular complexity index is 619. The number of rotatable bonds is 7. The molecule has 2 aromatic carbocycles. The van der Waals surface area contributed by atoms with Crippen LogP contribution in [0, 0.1) is 0 Å². The first-order valence-corrected chi connectivity index (χ1v) is 6.34. The first-order valence-electron chi connectivity index (χ1n) is 6.34. The summed E-state index contributed by atoms with van der Waals surface area (Å²) in [4.78, 5) is 21.5. The van der Waals surface area contributed by atoms with Gasteiger partial charge in [0.1, 0.15) is 36.6 Å². The van der Waals surface area contributed by atoms with E-state index in [2.05, 4.69) is 0 Å². The van der Waals surface area contributed by atoms with Gasteiger partial charge in [0.15, 0.2) is 0 Å². The number of para-hydroxylation sites is 1. The summed E-state index contributed by atoms with van der Waals surface area (Å²) in [6.07, 6.45) is 0.760. The molecule has 0 aliphatic carbocycles. The molecule has 0 heterocycles. The molecule has 2 aromatic rings. The maximum absolute atomic E-state index is 11.0. The number of ether oxygens (including phenoxy) is 2. The smallest absolute Gasteiger partial charge is 0.339 e. The van der Waals surface area contributed by atoms with Crippen LogP contribution in [0.4, 0.5) is 0 Å². The highest BCUT2D eigenvalue weighted by Crippen LogP contribution is 2.17. The average molecular weight is 286 g/mol. The lowest BCUT2D eigenvalue weighted by molar-refractivity contribution is 0.0691. The van der Waals surface area contributed by atoms with Gasteiger partial charge in [-0.05, 0) is 36.4 Å². The molecule has 0 fully saturated rings. The molecule has 2 rings (SSSR count). The third-order valence-electron chi connectivity index (χ3n) is 2.74. The van der Waals surface area contributed by atoms with Crippen LogP contribution in [0.15, 0.2) is 48.5 Å². The van der Waals surface area contributed by atoms with E-state index in [4.69, 9.17) is 14.6 Å². The number of hydrogen-bond donors (Lipinski definition) is 1. The van der Waals surface area contributed by atoms with Crippen LogP contribution in [-0.4, -0.2) is 30.6 Å². The molecule has 0 spiro atoms. The Hall–Kier alpha value is -2.82. The van der Waals surface area contributed by atoms with Gasteiger partial charge in [0.05, 0.1) is 0 Å². The highest BCUT2D eigenvalue weighted by molar-refractivity contribution is 5.90. The van der Waals surface area contributed by atoms with Crippen molar-refractivity contribution in [3.05, 3.63) is 59.7 Å². The van der Waals surface area contributed by atoms with E-state index in [-0.39, 0.29) is 18.8 Å².